The molecule has 0 fully saturated rings. The van der Waals surface area contributed by atoms with Gasteiger partial charge in [0.1, 0.15) is 5.82 Å². The van der Waals surface area contributed by atoms with Gasteiger partial charge in [-0.3, -0.25) is 9.79 Å². The number of aromatic nitrogens is 1. The Hall–Kier alpha value is -2.94. The molecule has 6 nitrogen and oxygen atoms in total. The summed E-state index contributed by atoms with van der Waals surface area (Å²) in [5.41, 5.74) is 2.00. The molecule has 1 aromatic carbocycles. The highest BCUT2D eigenvalue weighted by Gasteiger charge is 2.32. The number of nitrogens with one attached hydrogen (secondary N) is 1. The number of thioether (sulfide) groups is 1. The molecule has 0 aliphatic carbocycles. The molecule has 4 heterocycles. The lowest BCUT2D eigenvalue weighted by molar-refractivity contribution is -0.118. The van der Waals surface area contributed by atoms with Gasteiger partial charge in [0.25, 0.3) is 5.91 Å². The third-order valence-corrected chi connectivity index (χ3v) is 6.19. The number of fused-ring (bicyclic) bond motifs is 2. The van der Waals surface area contributed by atoms with Crippen molar-refractivity contribution in [1.29, 1.82) is 0 Å². The minimum atomic E-state index is -0.591. The van der Waals surface area contributed by atoms with Gasteiger partial charge in [-0.05, 0) is 24.1 Å². The van der Waals surface area contributed by atoms with E-state index in [0.717, 1.165) is 35.8 Å². The van der Waals surface area contributed by atoms with Crippen LogP contribution in [0.3, 0.4) is 0 Å². The minimum absolute atomic E-state index is 0.0593. The minimum Gasteiger partial charge on any atom is -0.477 e. The van der Waals surface area contributed by atoms with E-state index in [2.05, 4.69) is 15.3 Å². The molecule has 3 aliphatic rings. The van der Waals surface area contributed by atoms with E-state index >= 15 is 0 Å². The van der Waals surface area contributed by atoms with E-state index in [4.69, 9.17) is 4.74 Å². The summed E-state index contributed by atoms with van der Waals surface area (Å²) < 4.78 is 33.3. The van der Waals surface area contributed by atoms with Gasteiger partial charge in [-0.25, -0.2) is 13.8 Å². The molecule has 0 radical (unpaired) electrons. The van der Waals surface area contributed by atoms with E-state index in [9.17, 15) is 13.6 Å². The van der Waals surface area contributed by atoms with Crippen LogP contribution in [0.15, 0.2) is 41.5 Å². The highest BCUT2D eigenvalue weighted by atomic mass is 32.2. The van der Waals surface area contributed by atoms with E-state index in [-0.39, 0.29) is 35.1 Å². The van der Waals surface area contributed by atoms with Gasteiger partial charge < -0.3 is 15.0 Å². The lowest BCUT2D eigenvalue weighted by Crippen LogP contribution is -2.33. The maximum atomic E-state index is 14.7. The Balaban J connectivity index is 1.62. The van der Waals surface area contributed by atoms with Crippen molar-refractivity contribution < 1.29 is 18.3 Å². The van der Waals surface area contributed by atoms with E-state index in [1.54, 1.807) is 12.1 Å². The van der Waals surface area contributed by atoms with Gasteiger partial charge in [0.15, 0.2) is 29.2 Å². The van der Waals surface area contributed by atoms with Crippen LogP contribution < -0.4 is 10.1 Å². The molecule has 9 heteroatoms. The Morgan fingerprint density at radius 1 is 1.24 bits per heavy atom. The lowest BCUT2D eigenvalue weighted by atomic mass is 10.0. The first kappa shape index (κ1) is 18.1. The molecule has 0 bridgehead atoms. The number of anilines is 1. The second-order valence-corrected chi connectivity index (χ2v) is 7.92. The highest BCUT2D eigenvalue weighted by Crippen LogP contribution is 2.47. The van der Waals surface area contributed by atoms with Crippen LogP contribution in [-0.2, 0) is 4.79 Å². The predicted octanol–water partition coefficient (Wildman–Crippen LogP) is 3.58. The Bertz CT molecular complexity index is 1060. The summed E-state index contributed by atoms with van der Waals surface area (Å²) in [5.74, 6) is -1.29. The summed E-state index contributed by atoms with van der Waals surface area (Å²) in [7, 11) is 0. The fourth-order valence-electron chi connectivity index (χ4n) is 3.50. The monoisotopic (exact) mass is 414 g/mol. The van der Waals surface area contributed by atoms with Crippen molar-refractivity contribution in [2.75, 3.05) is 25.0 Å². The van der Waals surface area contributed by atoms with E-state index < -0.39 is 5.82 Å². The van der Waals surface area contributed by atoms with Crippen molar-refractivity contribution >= 4 is 34.2 Å². The number of benzene rings is 1. The van der Waals surface area contributed by atoms with Crippen molar-refractivity contribution in [2.45, 2.75) is 11.7 Å². The molecule has 5 rings (SSSR count). The number of hydrogen-bond donors (Lipinski definition) is 1. The van der Waals surface area contributed by atoms with Gasteiger partial charge in [-0.15, -0.1) is 0 Å². The third-order valence-electron chi connectivity index (χ3n) is 4.85. The molecule has 0 spiro atoms. The van der Waals surface area contributed by atoms with Crippen LogP contribution in [-0.4, -0.2) is 40.7 Å². The van der Waals surface area contributed by atoms with E-state index in [1.165, 1.54) is 30.0 Å². The molecule has 148 valence electrons. The number of halogens is 2. The second-order valence-electron chi connectivity index (χ2n) is 6.85. The fraction of sp³-hybridized carbons (Fsp3) is 0.250. The smallest absolute Gasteiger partial charge is 0.263 e. The molecular formula is C20H16F2N4O2S. The average Bonchev–Trinajstić information content (AvgIpc) is 2.73. The summed E-state index contributed by atoms with van der Waals surface area (Å²) >= 11 is 1.53. The number of rotatable bonds is 2. The molecule has 0 saturated carbocycles. The Morgan fingerprint density at radius 2 is 2.07 bits per heavy atom. The van der Waals surface area contributed by atoms with Gasteiger partial charge in [0.2, 0.25) is 0 Å². The number of hydrogen-bond acceptors (Lipinski definition) is 6. The van der Waals surface area contributed by atoms with Crippen LogP contribution >= 0.6 is 11.8 Å². The standard InChI is InChI=1S/C20H16F2N4O2S/c21-12-4-2-11(3-5-12)18-13(9-26-7-1-6-23-20(26)29-18)15-8-14(22)17-19(24-15)25-16(27)10-28-17/h2-5,8-9,18H,1,6-7,10H2,(H,24,25,27). The zero-order valence-corrected chi connectivity index (χ0v) is 16.0. The Labute approximate surface area is 169 Å². The zero-order valence-electron chi connectivity index (χ0n) is 15.2. The lowest BCUT2D eigenvalue weighted by Gasteiger charge is -2.35. The number of carbonyl (C=O) groups excluding carboxylic acids is 1. The topological polar surface area (TPSA) is 66.8 Å². The van der Waals surface area contributed by atoms with Gasteiger partial charge in [-0.2, -0.15) is 0 Å². The number of nitrogens with zero attached hydrogens (tertiary/aromatic N) is 3. The first-order chi connectivity index (χ1) is 14.1. The molecule has 3 aliphatic heterocycles. The number of carbonyl (C=O) groups is 1. The number of amides is 1. The predicted molar refractivity (Wildman–Crippen MR) is 107 cm³/mol. The van der Waals surface area contributed by atoms with Gasteiger partial charge in [-0.1, -0.05) is 23.9 Å². The number of pyridine rings is 1. The normalized spacial score (nSPS) is 20.7. The molecule has 0 saturated heterocycles. The SMILES string of the molecule is O=C1COc2c(F)cc(C3=CN4CCCN=C4SC3c3ccc(F)cc3)nc2N1. The van der Waals surface area contributed by atoms with E-state index in [1.807, 2.05) is 11.1 Å². The third kappa shape index (κ3) is 3.35. The number of amidine groups is 1. The molecule has 1 atom stereocenters. The maximum absolute atomic E-state index is 14.7. The van der Waals surface area contributed by atoms with Crippen molar-refractivity contribution in [3.8, 4) is 5.75 Å². The molecule has 29 heavy (non-hydrogen) atoms. The van der Waals surface area contributed by atoms with E-state index in [0.29, 0.717) is 5.69 Å². The summed E-state index contributed by atoms with van der Waals surface area (Å²) in [6.07, 6.45) is 2.84. The quantitative estimate of drug-likeness (QED) is 0.814. The second kappa shape index (κ2) is 7.14. The first-order valence-corrected chi connectivity index (χ1v) is 10.0. The van der Waals surface area contributed by atoms with Gasteiger partial charge in [0.05, 0.1) is 10.9 Å². The summed E-state index contributed by atoms with van der Waals surface area (Å²) in [5, 5.41) is 3.20. The van der Waals surface area contributed by atoms with Crippen molar-refractivity contribution in [3.63, 3.8) is 0 Å². The molecule has 1 amide bonds. The molecule has 1 N–H and O–H groups in total. The summed E-state index contributed by atoms with van der Waals surface area (Å²) in [6, 6.07) is 7.53. The van der Waals surface area contributed by atoms with Crippen LogP contribution in [0.4, 0.5) is 14.6 Å². The van der Waals surface area contributed by atoms with Crippen LogP contribution in [0.1, 0.15) is 22.9 Å². The van der Waals surface area contributed by atoms with Crippen molar-refractivity contribution in [2.24, 2.45) is 4.99 Å². The largest absolute Gasteiger partial charge is 0.477 e. The van der Waals surface area contributed by atoms with Crippen LogP contribution in [0.5, 0.6) is 5.75 Å². The number of ether oxygens (including phenoxy) is 1. The summed E-state index contributed by atoms with van der Waals surface area (Å²) in [6.45, 7) is 1.32. The molecule has 1 unspecified atom stereocenters. The maximum Gasteiger partial charge on any atom is 0.263 e. The van der Waals surface area contributed by atoms with Crippen LogP contribution in [0.25, 0.3) is 5.57 Å². The molecule has 2 aromatic rings. The zero-order chi connectivity index (χ0) is 20.0. The highest BCUT2D eigenvalue weighted by molar-refractivity contribution is 8.14. The number of aliphatic imine (C=N–C) groups is 1. The van der Waals surface area contributed by atoms with Gasteiger partial charge in [0, 0.05) is 30.9 Å². The molecular weight excluding hydrogens is 398 g/mol. The van der Waals surface area contributed by atoms with Crippen LogP contribution in [0.2, 0.25) is 0 Å². The van der Waals surface area contributed by atoms with Crippen molar-refractivity contribution in [1.82, 2.24) is 9.88 Å². The van der Waals surface area contributed by atoms with Crippen LogP contribution in [0, 0.1) is 11.6 Å². The Kier molecular flexibility index (Phi) is 4.46. The Morgan fingerprint density at radius 3 is 2.90 bits per heavy atom. The fourth-order valence-corrected chi connectivity index (χ4v) is 4.75. The average molecular weight is 414 g/mol. The summed E-state index contributed by atoms with van der Waals surface area (Å²) in [4.78, 5) is 22.7. The van der Waals surface area contributed by atoms with Crippen molar-refractivity contribution in [3.05, 3.63) is 59.4 Å². The molecule has 1 aromatic heterocycles. The van der Waals surface area contributed by atoms with Gasteiger partial charge >= 0.3 is 0 Å². The first-order valence-electron chi connectivity index (χ1n) is 9.17.